The molecule has 0 amide bonds. The van der Waals surface area contributed by atoms with Gasteiger partial charge in [-0.05, 0) is 32.0 Å². The number of halogens is 5. The second-order valence-corrected chi connectivity index (χ2v) is 4.66. The van der Waals surface area contributed by atoms with Gasteiger partial charge in [-0.2, -0.15) is 0 Å². The van der Waals surface area contributed by atoms with Crippen LogP contribution in [-0.4, -0.2) is 30.5 Å². The number of benzene rings is 1. The van der Waals surface area contributed by atoms with Crippen LogP contribution in [0.3, 0.4) is 0 Å². The van der Waals surface area contributed by atoms with Crippen molar-refractivity contribution in [3.05, 3.63) is 29.6 Å². The van der Waals surface area contributed by atoms with Gasteiger partial charge in [-0.1, -0.05) is 0 Å². The summed E-state index contributed by atoms with van der Waals surface area (Å²) in [7, 11) is 0. The maximum atomic E-state index is 13.3. The Bertz CT molecular complexity index is 463. The van der Waals surface area contributed by atoms with Gasteiger partial charge in [0.2, 0.25) is 0 Å². The second kappa shape index (κ2) is 7.06. The fraction of sp³-hybridized carbons (Fsp3) is 0.571. The molecule has 0 saturated carbocycles. The summed E-state index contributed by atoms with van der Waals surface area (Å²) in [4.78, 5) is 1.72. The molecule has 0 radical (unpaired) electrons. The number of hydrogen-bond donors (Lipinski definition) is 1. The van der Waals surface area contributed by atoms with Gasteiger partial charge in [0.1, 0.15) is 5.82 Å². The van der Waals surface area contributed by atoms with Gasteiger partial charge in [-0.3, -0.25) is 0 Å². The van der Waals surface area contributed by atoms with Crippen molar-refractivity contribution >= 4 is 5.69 Å². The molecule has 1 N–H and O–H groups in total. The number of anilines is 1. The molecule has 0 spiro atoms. The molecule has 1 aromatic carbocycles. The van der Waals surface area contributed by atoms with Gasteiger partial charge in [0.05, 0.1) is 6.10 Å². The Hall–Kier alpha value is -1.37. The average molecular weight is 311 g/mol. The van der Waals surface area contributed by atoms with E-state index in [2.05, 4.69) is 0 Å². The Kier molecular flexibility index (Phi) is 5.95. The summed E-state index contributed by atoms with van der Waals surface area (Å²) < 4.78 is 63.9. The van der Waals surface area contributed by atoms with E-state index in [0.29, 0.717) is 18.8 Å². The SMILES string of the molecule is CCN(CC)c1ccc(F)cc1C(O)CC(F)(F)C(F)F. The van der Waals surface area contributed by atoms with Crippen LogP contribution >= 0.6 is 0 Å². The lowest BCUT2D eigenvalue weighted by Crippen LogP contribution is -2.30. The summed E-state index contributed by atoms with van der Waals surface area (Å²) in [5.41, 5.74) is 0.248. The van der Waals surface area contributed by atoms with E-state index in [9.17, 15) is 27.1 Å². The predicted octanol–water partition coefficient (Wildman–Crippen LogP) is 4.00. The molecule has 0 aromatic heterocycles. The minimum absolute atomic E-state index is 0.112. The van der Waals surface area contributed by atoms with Crippen molar-refractivity contribution in [2.75, 3.05) is 18.0 Å². The van der Waals surface area contributed by atoms with Crippen LogP contribution in [0.25, 0.3) is 0 Å². The minimum atomic E-state index is -4.33. The molecule has 7 heteroatoms. The Morgan fingerprint density at radius 2 is 1.76 bits per heavy atom. The van der Waals surface area contributed by atoms with Crippen molar-refractivity contribution in [2.24, 2.45) is 0 Å². The lowest BCUT2D eigenvalue weighted by Gasteiger charge is -2.27. The lowest BCUT2D eigenvalue weighted by molar-refractivity contribution is -0.149. The highest BCUT2D eigenvalue weighted by Crippen LogP contribution is 2.37. The molecule has 1 aromatic rings. The van der Waals surface area contributed by atoms with E-state index in [1.54, 1.807) is 18.7 Å². The highest BCUT2D eigenvalue weighted by atomic mass is 19.3. The zero-order valence-electron chi connectivity index (χ0n) is 11.8. The normalized spacial score (nSPS) is 13.6. The molecule has 0 aliphatic carbocycles. The van der Waals surface area contributed by atoms with Crippen molar-refractivity contribution < 1.29 is 27.1 Å². The summed E-state index contributed by atoms with van der Waals surface area (Å²) in [6, 6.07) is 3.39. The first-order valence-electron chi connectivity index (χ1n) is 6.61. The number of hydrogen-bond acceptors (Lipinski definition) is 2. The van der Waals surface area contributed by atoms with Gasteiger partial charge in [0.15, 0.2) is 0 Å². The van der Waals surface area contributed by atoms with E-state index in [1.807, 2.05) is 0 Å². The van der Waals surface area contributed by atoms with E-state index in [1.165, 1.54) is 6.07 Å². The highest BCUT2D eigenvalue weighted by molar-refractivity contribution is 5.54. The van der Waals surface area contributed by atoms with Crippen LogP contribution in [-0.2, 0) is 0 Å². The maximum absolute atomic E-state index is 13.3. The first-order chi connectivity index (χ1) is 9.72. The standard InChI is InChI=1S/C14H18F5NO/c1-3-20(4-2)11-6-5-9(15)7-10(11)12(21)8-14(18,19)13(16)17/h5-7,12-13,21H,3-4,8H2,1-2H3. The minimum Gasteiger partial charge on any atom is -0.388 e. The number of rotatable bonds is 7. The van der Waals surface area contributed by atoms with Crippen LogP contribution < -0.4 is 4.90 Å². The molecule has 1 unspecified atom stereocenters. The molecule has 21 heavy (non-hydrogen) atoms. The van der Waals surface area contributed by atoms with Crippen LogP contribution in [0.2, 0.25) is 0 Å². The summed E-state index contributed by atoms with van der Waals surface area (Å²) in [6.07, 6.45) is -7.21. The van der Waals surface area contributed by atoms with Gasteiger partial charge in [0.25, 0.3) is 0 Å². The average Bonchev–Trinajstić information content (AvgIpc) is 2.40. The van der Waals surface area contributed by atoms with E-state index in [4.69, 9.17) is 0 Å². The van der Waals surface area contributed by atoms with Crippen molar-refractivity contribution in [1.29, 1.82) is 0 Å². The number of nitrogens with zero attached hydrogens (tertiary/aromatic N) is 1. The van der Waals surface area contributed by atoms with Crippen molar-refractivity contribution in [2.45, 2.75) is 38.7 Å². The zero-order valence-corrected chi connectivity index (χ0v) is 11.8. The van der Waals surface area contributed by atoms with Crippen molar-refractivity contribution in [3.63, 3.8) is 0 Å². The highest BCUT2D eigenvalue weighted by Gasteiger charge is 2.43. The summed E-state index contributed by atoms with van der Waals surface area (Å²) in [5.74, 6) is -5.05. The van der Waals surface area contributed by atoms with Crippen LogP contribution in [0.1, 0.15) is 31.9 Å². The largest absolute Gasteiger partial charge is 0.388 e. The first-order valence-corrected chi connectivity index (χ1v) is 6.61. The number of alkyl halides is 4. The Morgan fingerprint density at radius 3 is 2.24 bits per heavy atom. The van der Waals surface area contributed by atoms with Crippen molar-refractivity contribution in [1.82, 2.24) is 0 Å². The Balaban J connectivity index is 3.13. The summed E-state index contributed by atoms with van der Waals surface area (Å²) in [5, 5.41) is 9.84. The molecule has 0 aliphatic rings. The van der Waals surface area contributed by atoms with Crippen LogP contribution in [0.5, 0.6) is 0 Å². The number of aliphatic hydroxyl groups excluding tert-OH is 1. The van der Waals surface area contributed by atoms with E-state index >= 15 is 0 Å². The maximum Gasteiger partial charge on any atom is 0.310 e. The van der Waals surface area contributed by atoms with E-state index in [-0.39, 0.29) is 5.56 Å². The molecule has 0 fully saturated rings. The third kappa shape index (κ3) is 4.30. The van der Waals surface area contributed by atoms with Crippen LogP contribution in [0.15, 0.2) is 18.2 Å². The predicted molar refractivity (Wildman–Crippen MR) is 70.5 cm³/mol. The van der Waals surface area contributed by atoms with Crippen LogP contribution in [0.4, 0.5) is 27.6 Å². The smallest absolute Gasteiger partial charge is 0.310 e. The molecule has 120 valence electrons. The molecule has 1 rings (SSSR count). The molecule has 0 bridgehead atoms. The van der Waals surface area contributed by atoms with Crippen LogP contribution in [0, 0.1) is 5.82 Å². The monoisotopic (exact) mass is 311 g/mol. The van der Waals surface area contributed by atoms with Gasteiger partial charge in [-0.15, -0.1) is 0 Å². The van der Waals surface area contributed by atoms with E-state index < -0.39 is 30.7 Å². The van der Waals surface area contributed by atoms with Gasteiger partial charge >= 0.3 is 12.3 Å². The fourth-order valence-electron chi connectivity index (χ4n) is 2.10. The third-order valence-electron chi connectivity index (χ3n) is 3.24. The number of aliphatic hydroxyl groups is 1. The third-order valence-corrected chi connectivity index (χ3v) is 3.24. The van der Waals surface area contributed by atoms with Gasteiger partial charge in [0, 0.05) is 30.8 Å². The Labute approximate surface area is 120 Å². The molecule has 1 atom stereocenters. The lowest BCUT2D eigenvalue weighted by atomic mass is 10.00. The molecular weight excluding hydrogens is 293 g/mol. The fourth-order valence-corrected chi connectivity index (χ4v) is 2.10. The quantitative estimate of drug-likeness (QED) is 0.770. The molecule has 0 aliphatic heterocycles. The topological polar surface area (TPSA) is 23.5 Å². The summed E-state index contributed by atoms with van der Waals surface area (Å²) in [6.45, 7) is 4.62. The van der Waals surface area contributed by atoms with E-state index in [0.717, 1.165) is 12.1 Å². The molecule has 0 saturated heterocycles. The molecule has 2 nitrogen and oxygen atoms in total. The van der Waals surface area contributed by atoms with Crippen molar-refractivity contribution in [3.8, 4) is 0 Å². The summed E-state index contributed by atoms with van der Waals surface area (Å²) >= 11 is 0. The molecular formula is C14H18F5NO. The zero-order chi connectivity index (χ0) is 16.2. The first kappa shape index (κ1) is 17.7. The molecule has 0 heterocycles. The van der Waals surface area contributed by atoms with Gasteiger partial charge in [-0.25, -0.2) is 22.0 Å². The Morgan fingerprint density at radius 1 is 1.19 bits per heavy atom. The van der Waals surface area contributed by atoms with Gasteiger partial charge < -0.3 is 10.0 Å². The second-order valence-electron chi connectivity index (χ2n) is 4.66.